The fourth-order valence-electron chi connectivity index (χ4n) is 3.09. The maximum Gasteiger partial charge on any atom is 0.119 e. The highest BCUT2D eigenvalue weighted by atomic mass is 16.3. The molecule has 1 unspecified atom stereocenters. The van der Waals surface area contributed by atoms with E-state index in [0.717, 1.165) is 30.4 Å². The van der Waals surface area contributed by atoms with Crippen LogP contribution < -0.4 is 0 Å². The van der Waals surface area contributed by atoms with Crippen LogP contribution in [0.5, 0.6) is 11.5 Å². The van der Waals surface area contributed by atoms with Gasteiger partial charge in [-0.1, -0.05) is 18.1 Å². The predicted molar refractivity (Wildman–Crippen MR) is 62.8 cm³/mol. The average molecular weight is 216 g/mol. The van der Waals surface area contributed by atoms with Crippen molar-refractivity contribution in [3.05, 3.63) is 34.9 Å². The highest BCUT2D eigenvalue weighted by molar-refractivity contribution is 5.55. The van der Waals surface area contributed by atoms with E-state index in [0.29, 0.717) is 17.4 Å². The van der Waals surface area contributed by atoms with E-state index in [2.05, 4.69) is 6.08 Å². The maximum atomic E-state index is 9.98. The van der Waals surface area contributed by atoms with Gasteiger partial charge >= 0.3 is 0 Å². The van der Waals surface area contributed by atoms with Gasteiger partial charge in [0.1, 0.15) is 11.5 Å². The smallest absolute Gasteiger partial charge is 0.119 e. The largest absolute Gasteiger partial charge is 0.508 e. The number of hydrogen-bond donors (Lipinski definition) is 2. The van der Waals surface area contributed by atoms with Crippen molar-refractivity contribution in [1.82, 2.24) is 0 Å². The van der Waals surface area contributed by atoms with Crippen LogP contribution in [0.1, 0.15) is 42.7 Å². The second-order valence-corrected chi connectivity index (χ2v) is 4.78. The molecule has 2 nitrogen and oxygen atoms in total. The Morgan fingerprint density at radius 2 is 1.88 bits per heavy atom. The Hall–Kier alpha value is -1.44. The van der Waals surface area contributed by atoms with Crippen LogP contribution in [0, 0.1) is 0 Å². The van der Waals surface area contributed by atoms with Crippen LogP contribution in [0.15, 0.2) is 23.8 Å². The van der Waals surface area contributed by atoms with Gasteiger partial charge in [0, 0.05) is 17.0 Å². The van der Waals surface area contributed by atoms with Gasteiger partial charge in [0.15, 0.2) is 0 Å². The monoisotopic (exact) mass is 216 g/mol. The Kier molecular flexibility index (Phi) is 2.16. The van der Waals surface area contributed by atoms with E-state index in [-0.39, 0.29) is 0 Å². The minimum atomic E-state index is 0.327. The first-order valence-corrected chi connectivity index (χ1v) is 6.00. The molecule has 3 rings (SSSR count). The number of fused-ring (bicyclic) bond motifs is 3. The van der Waals surface area contributed by atoms with Crippen LogP contribution in [-0.4, -0.2) is 10.2 Å². The lowest BCUT2D eigenvalue weighted by Gasteiger charge is -2.31. The van der Waals surface area contributed by atoms with Gasteiger partial charge in [0.2, 0.25) is 0 Å². The van der Waals surface area contributed by atoms with Crippen LogP contribution in [0.4, 0.5) is 0 Å². The molecule has 0 aromatic heterocycles. The van der Waals surface area contributed by atoms with Crippen molar-refractivity contribution in [2.75, 3.05) is 0 Å². The fraction of sp³-hybridized carbons (Fsp3) is 0.429. The van der Waals surface area contributed by atoms with Crippen LogP contribution in [0.2, 0.25) is 0 Å². The molecular weight excluding hydrogens is 200 g/mol. The third-order valence-electron chi connectivity index (χ3n) is 3.88. The Bertz CT molecular complexity index is 460. The lowest BCUT2D eigenvalue weighted by Crippen LogP contribution is -2.15. The predicted octanol–water partition coefficient (Wildman–Crippen LogP) is 3.24. The first-order valence-electron chi connectivity index (χ1n) is 6.00. The zero-order chi connectivity index (χ0) is 11.1. The summed E-state index contributed by atoms with van der Waals surface area (Å²) < 4.78 is 0. The molecule has 16 heavy (non-hydrogen) atoms. The Morgan fingerprint density at radius 3 is 2.75 bits per heavy atom. The molecule has 2 aliphatic carbocycles. The van der Waals surface area contributed by atoms with Crippen LogP contribution in [0.25, 0.3) is 0 Å². The average Bonchev–Trinajstić information content (AvgIpc) is 2.33. The minimum Gasteiger partial charge on any atom is -0.508 e. The topological polar surface area (TPSA) is 40.5 Å². The van der Waals surface area contributed by atoms with E-state index in [1.54, 1.807) is 12.1 Å². The molecule has 2 N–H and O–H groups in total. The van der Waals surface area contributed by atoms with E-state index < -0.39 is 0 Å². The summed E-state index contributed by atoms with van der Waals surface area (Å²) in [7, 11) is 0. The number of hydrogen-bond acceptors (Lipinski definition) is 2. The number of phenols is 2. The molecule has 0 bridgehead atoms. The maximum absolute atomic E-state index is 9.98. The highest BCUT2D eigenvalue weighted by Gasteiger charge is 2.29. The van der Waals surface area contributed by atoms with Crippen LogP contribution in [-0.2, 0) is 6.42 Å². The van der Waals surface area contributed by atoms with Gasteiger partial charge in [-0.3, -0.25) is 0 Å². The first-order chi connectivity index (χ1) is 7.77. The van der Waals surface area contributed by atoms with Gasteiger partial charge in [0.25, 0.3) is 0 Å². The molecular formula is C14H16O2. The number of allylic oxidation sites excluding steroid dienone is 2. The van der Waals surface area contributed by atoms with Crippen molar-refractivity contribution in [3.63, 3.8) is 0 Å². The van der Waals surface area contributed by atoms with Crippen molar-refractivity contribution in [2.45, 2.75) is 38.0 Å². The number of benzene rings is 1. The quantitative estimate of drug-likeness (QED) is 0.516. The molecule has 0 amide bonds. The van der Waals surface area contributed by atoms with E-state index in [1.807, 2.05) is 0 Å². The number of phenolic OH excluding ortho intramolecular Hbond substituents is 2. The lowest BCUT2D eigenvalue weighted by atomic mass is 9.74. The summed E-state index contributed by atoms with van der Waals surface area (Å²) in [4.78, 5) is 0. The minimum absolute atomic E-state index is 0.327. The molecule has 1 fully saturated rings. The zero-order valence-electron chi connectivity index (χ0n) is 9.24. The summed E-state index contributed by atoms with van der Waals surface area (Å²) in [5.74, 6) is 1.03. The van der Waals surface area contributed by atoms with Gasteiger partial charge in [-0.15, -0.1) is 0 Å². The summed E-state index contributed by atoms with van der Waals surface area (Å²) in [6.45, 7) is 0. The van der Waals surface area contributed by atoms with Gasteiger partial charge < -0.3 is 10.2 Å². The Labute approximate surface area is 95.2 Å². The summed E-state index contributed by atoms with van der Waals surface area (Å²) in [6, 6.07) is 3.21. The molecule has 2 heteroatoms. The van der Waals surface area contributed by atoms with Crippen molar-refractivity contribution in [2.24, 2.45) is 0 Å². The molecule has 0 saturated heterocycles. The second kappa shape index (κ2) is 3.55. The van der Waals surface area contributed by atoms with E-state index >= 15 is 0 Å². The molecule has 0 heterocycles. The van der Waals surface area contributed by atoms with Crippen molar-refractivity contribution in [3.8, 4) is 11.5 Å². The van der Waals surface area contributed by atoms with Gasteiger partial charge in [-0.25, -0.2) is 0 Å². The molecule has 0 aliphatic heterocycles. The Morgan fingerprint density at radius 1 is 1.06 bits per heavy atom. The van der Waals surface area contributed by atoms with E-state index in [1.165, 1.54) is 18.4 Å². The number of rotatable bonds is 0. The summed E-state index contributed by atoms with van der Waals surface area (Å²) in [6.07, 6.45) is 7.75. The van der Waals surface area contributed by atoms with Crippen molar-refractivity contribution in [1.29, 1.82) is 0 Å². The number of aromatic hydroxyl groups is 2. The second-order valence-electron chi connectivity index (χ2n) is 4.78. The Balaban J connectivity index is 2.14. The van der Waals surface area contributed by atoms with E-state index in [9.17, 15) is 10.2 Å². The van der Waals surface area contributed by atoms with Crippen LogP contribution in [0.3, 0.4) is 0 Å². The molecule has 1 aromatic rings. The van der Waals surface area contributed by atoms with Gasteiger partial charge in [0.05, 0.1) is 0 Å². The molecule has 2 aliphatic rings. The molecule has 0 spiro atoms. The first kappa shape index (κ1) is 9.76. The molecule has 1 aromatic carbocycles. The molecule has 1 atom stereocenters. The summed E-state index contributed by atoms with van der Waals surface area (Å²) in [5, 5.41) is 19.8. The van der Waals surface area contributed by atoms with Gasteiger partial charge in [-0.05, 0) is 37.8 Å². The van der Waals surface area contributed by atoms with Crippen LogP contribution >= 0.6 is 0 Å². The SMILES string of the molecule is Oc1ccc(O)c2c1CC=C1CCCCC12. The van der Waals surface area contributed by atoms with Gasteiger partial charge in [-0.2, -0.15) is 0 Å². The standard InChI is InChI=1S/C14H16O2/c15-12-7-8-13(16)14-10-4-2-1-3-9(10)5-6-11(12)14/h5,7-8,10,15-16H,1-4,6H2. The molecule has 0 radical (unpaired) electrons. The van der Waals surface area contributed by atoms with E-state index in [4.69, 9.17) is 0 Å². The van der Waals surface area contributed by atoms with Crippen molar-refractivity contribution < 1.29 is 10.2 Å². The highest BCUT2D eigenvalue weighted by Crippen LogP contribution is 2.47. The molecule has 84 valence electrons. The molecule has 1 saturated carbocycles. The summed E-state index contributed by atoms with van der Waals surface area (Å²) >= 11 is 0. The van der Waals surface area contributed by atoms with Crippen molar-refractivity contribution >= 4 is 0 Å². The third kappa shape index (κ3) is 1.33. The third-order valence-corrected chi connectivity index (χ3v) is 3.88. The normalized spacial score (nSPS) is 23.2. The fourth-order valence-corrected chi connectivity index (χ4v) is 3.09. The summed E-state index contributed by atoms with van der Waals surface area (Å²) in [5.41, 5.74) is 3.37. The lowest BCUT2D eigenvalue weighted by molar-refractivity contribution is 0.432. The zero-order valence-corrected chi connectivity index (χ0v) is 9.24.